The maximum absolute atomic E-state index is 15.4. The van der Waals surface area contributed by atoms with Crippen molar-refractivity contribution in [2.75, 3.05) is 6.61 Å². The molecule has 0 aliphatic heterocycles. The summed E-state index contributed by atoms with van der Waals surface area (Å²) in [5.41, 5.74) is 2.52. The van der Waals surface area contributed by atoms with Crippen molar-refractivity contribution < 1.29 is 37.3 Å². The summed E-state index contributed by atoms with van der Waals surface area (Å²) in [5, 5.41) is 9.65. The number of hydrogen-bond acceptors (Lipinski definition) is 5. The highest BCUT2D eigenvalue weighted by molar-refractivity contribution is 6.30. The molecule has 0 aliphatic carbocycles. The van der Waals surface area contributed by atoms with Gasteiger partial charge in [0.25, 0.3) is 0 Å². The van der Waals surface area contributed by atoms with Gasteiger partial charge in [0.1, 0.15) is 30.7 Å². The molecule has 1 N–H and O–H groups in total. The van der Waals surface area contributed by atoms with Gasteiger partial charge in [-0.15, -0.1) is 0 Å². The largest absolute Gasteiger partial charge is 0.486 e. The Morgan fingerprint density at radius 3 is 2.33 bits per heavy atom. The molecule has 220 valence electrons. The second kappa shape index (κ2) is 12.6. The van der Waals surface area contributed by atoms with E-state index in [0.717, 1.165) is 6.07 Å². The van der Waals surface area contributed by atoms with Crippen LogP contribution in [0.5, 0.6) is 5.75 Å². The summed E-state index contributed by atoms with van der Waals surface area (Å²) >= 11 is 5.78. The number of benzene rings is 4. The Kier molecular flexibility index (Phi) is 8.68. The molecule has 0 aliphatic rings. The highest BCUT2D eigenvalue weighted by Gasteiger charge is 2.17. The summed E-state index contributed by atoms with van der Waals surface area (Å²) in [6, 6.07) is 17.2. The zero-order valence-corrected chi connectivity index (χ0v) is 23.5. The molecule has 43 heavy (non-hydrogen) atoms. The molecular weight excluding hydrogens is 585 g/mol. The van der Waals surface area contributed by atoms with Gasteiger partial charge in [-0.25, -0.2) is 22.9 Å². The van der Waals surface area contributed by atoms with Crippen molar-refractivity contribution in [2.45, 2.75) is 26.5 Å². The molecule has 5 aromatic rings. The van der Waals surface area contributed by atoms with Gasteiger partial charge in [-0.2, -0.15) is 0 Å². The van der Waals surface area contributed by atoms with E-state index >= 15 is 4.39 Å². The molecule has 7 nitrogen and oxygen atoms in total. The van der Waals surface area contributed by atoms with E-state index < -0.39 is 29.4 Å². The van der Waals surface area contributed by atoms with Crippen molar-refractivity contribution in [3.05, 3.63) is 118 Å². The van der Waals surface area contributed by atoms with E-state index in [1.807, 2.05) is 0 Å². The fourth-order valence-corrected chi connectivity index (χ4v) is 4.76. The first-order chi connectivity index (χ1) is 20.6. The predicted octanol–water partition coefficient (Wildman–Crippen LogP) is 7.21. The van der Waals surface area contributed by atoms with Crippen LogP contribution in [-0.2, 0) is 29.1 Å². The van der Waals surface area contributed by atoms with Crippen LogP contribution in [0.4, 0.5) is 13.2 Å². The number of carbonyl (C=O) groups is 2. The number of carboxylic acid groups (broad SMARTS) is 1. The lowest BCUT2D eigenvalue weighted by Gasteiger charge is -2.12. The van der Waals surface area contributed by atoms with Crippen molar-refractivity contribution >= 4 is 34.6 Å². The van der Waals surface area contributed by atoms with Gasteiger partial charge in [0.15, 0.2) is 11.6 Å². The van der Waals surface area contributed by atoms with Gasteiger partial charge in [-0.3, -0.25) is 4.79 Å². The minimum atomic E-state index is -1.11. The summed E-state index contributed by atoms with van der Waals surface area (Å²) in [6.07, 6.45) is 0.0632. The maximum Gasteiger partial charge on any atom is 0.335 e. The molecule has 0 bridgehead atoms. The molecule has 0 radical (unpaired) electrons. The number of aromatic carboxylic acids is 1. The fraction of sp³-hybridized carbons (Fsp3) is 0.156. The number of rotatable bonds is 10. The molecule has 0 saturated carbocycles. The minimum Gasteiger partial charge on any atom is -0.486 e. The molecule has 0 amide bonds. The summed E-state index contributed by atoms with van der Waals surface area (Å²) in [7, 11) is 0. The van der Waals surface area contributed by atoms with Crippen LogP contribution in [0.25, 0.3) is 22.2 Å². The van der Waals surface area contributed by atoms with Crippen LogP contribution < -0.4 is 4.74 Å². The number of ether oxygens (including phenoxy) is 2. The number of carboxylic acids is 1. The molecule has 1 aromatic heterocycles. The smallest absolute Gasteiger partial charge is 0.335 e. The Morgan fingerprint density at radius 2 is 1.60 bits per heavy atom. The van der Waals surface area contributed by atoms with Crippen LogP contribution >= 0.6 is 11.6 Å². The molecular formula is C32H24ClF3N2O5. The maximum atomic E-state index is 15.4. The molecule has 5 rings (SSSR count). The van der Waals surface area contributed by atoms with E-state index in [1.165, 1.54) is 55.5 Å². The van der Waals surface area contributed by atoms with Gasteiger partial charge >= 0.3 is 11.9 Å². The molecule has 0 saturated heterocycles. The lowest BCUT2D eigenvalue weighted by Crippen LogP contribution is -2.12. The fourth-order valence-electron chi connectivity index (χ4n) is 4.60. The first-order valence-electron chi connectivity index (χ1n) is 13.1. The molecule has 0 unspecified atom stereocenters. The van der Waals surface area contributed by atoms with Crippen LogP contribution in [-0.4, -0.2) is 33.2 Å². The van der Waals surface area contributed by atoms with Crippen LogP contribution in [0, 0.1) is 17.5 Å². The predicted molar refractivity (Wildman–Crippen MR) is 154 cm³/mol. The number of halogens is 4. The number of aromatic nitrogens is 2. The molecule has 11 heteroatoms. The van der Waals surface area contributed by atoms with Crippen molar-refractivity contribution in [1.82, 2.24) is 9.55 Å². The van der Waals surface area contributed by atoms with Crippen molar-refractivity contribution in [2.24, 2.45) is 0 Å². The third kappa shape index (κ3) is 6.81. The minimum absolute atomic E-state index is 0.0200. The normalized spacial score (nSPS) is 11.1. The van der Waals surface area contributed by atoms with Crippen molar-refractivity contribution in [1.29, 1.82) is 0 Å². The molecule has 0 spiro atoms. The molecule has 1 heterocycles. The summed E-state index contributed by atoms with van der Waals surface area (Å²) < 4.78 is 56.3. The number of nitrogens with zero attached hydrogens (tertiary/aromatic N) is 2. The first kappa shape index (κ1) is 29.7. The highest BCUT2D eigenvalue weighted by Crippen LogP contribution is 2.30. The van der Waals surface area contributed by atoms with Crippen molar-refractivity contribution in [3.8, 4) is 16.9 Å². The zero-order chi connectivity index (χ0) is 30.7. The van der Waals surface area contributed by atoms with E-state index in [-0.39, 0.29) is 48.1 Å². The van der Waals surface area contributed by atoms with Gasteiger partial charge in [-0.1, -0.05) is 35.9 Å². The number of fused-ring (bicyclic) bond motifs is 1. The Balaban J connectivity index is 1.40. The van der Waals surface area contributed by atoms with Crippen LogP contribution in [0.1, 0.15) is 34.2 Å². The van der Waals surface area contributed by atoms with Gasteiger partial charge < -0.3 is 19.1 Å². The zero-order valence-electron chi connectivity index (χ0n) is 22.7. The molecule has 0 atom stereocenters. The topological polar surface area (TPSA) is 90.7 Å². The first-order valence-corrected chi connectivity index (χ1v) is 13.5. The standard InChI is InChI=1S/C32H24ClF3N2O5/c1-18(39)42-11-10-38-29-13-22(32(40)41)6-9-28(29)37-31(38)15-21-3-2-19(12-26(21)35)20-5-8-25(34)30(14-20)43-17-23-4-7-24(33)16-27(23)36/h2-9,12-14,16H,10-11,15,17H2,1H3,(H,40,41). The average molecular weight is 609 g/mol. The van der Waals surface area contributed by atoms with Gasteiger partial charge in [0.2, 0.25) is 0 Å². The third-order valence-corrected chi connectivity index (χ3v) is 6.99. The quantitative estimate of drug-likeness (QED) is 0.169. The Bertz CT molecular complexity index is 1860. The van der Waals surface area contributed by atoms with E-state index in [4.69, 9.17) is 21.1 Å². The number of carbonyl (C=O) groups excluding carboxylic acids is 1. The average Bonchev–Trinajstić information content (AvgIpc) is 3.30. The number of esters is 1. The SMILES string of the molecule is CC(=O)OCCn1c(Cc2ccc(-c3ccc(F)c(OCc4ccc(Cl)cc4F)c3)cc2F)nc2ccc(C(=O)O)cc21. The van der Waals surface area contributed by atoms with Gasteiger partial charge in [-0.05, 0) is 65.2 Å². The summed E-state index contributed by atoms with van der Waals surface area (Å²) in [6.45, 7) is 1.25. The number of imidazole rings is 1. The van der Waals surface area contributed by atoms with Crippen LogP contribution in [0.3, 0.4) is 0 Å². The molecule has 0 fully saturated rings. The van der Waals surface area contributed by atoms with Crippen LogP contribution in [0.2, 0.25) is 5.02 Å². The summed E-state index contributed by atoms with van der Waals surface area (Å²) in [5.74, 6) is -3.04. The van der Waals surface area contributed by atoms with E-state index in [1.54, 1.807) is 22.8 Å². The monoisotopic (exact) mass is 608 g/mol. The van der Waals surface area contributed by atoms with Gasteiger partial charge in [0.05, 0.1) is 23.1 Å². The lowest BCUT2D eigenvalue weighted by atomic mass is 10.0. The third-order valence-electron chi connectivity index (χ3n) is 6.76. The second-order valence-electron chi connectivity index (χ2n) is 9.68. The summed E-state index contributed by atoms with van der Waals surface area (Å²) in [4.78, 5) is 27.4. The lowest BCUT2D eigenvalue weighted by molar-refractivity contribution is -0.141. The van der Waals surface area contributed by atoms with Crippen molar-refractivity contribution in [3.63, 3.8) is 0 Å². The Hall–Kier alpha value is -4.83. The Morgan fingerprint density at radius 1 is 0.884 bits per heavy atom. The number of hydrogen-bond donors (Lipinski definition) is 1. The van der Waals surface area contributed by atoms with E-state index in [0.29, 0.717) is 33.5 Å². The van der Waals surface area contributed by atoms with E-state index in [9.17, 15) is 23.5 Å². The molecule has 4 aromatic carbocycles. The van der Waals surface area contributed by atoms with Gasteiger partial charge in [0, 0.05) is 23.9 Å². The second-order valence-corrected chi connectivity index (χ2v) is 10.1. The highest BCUT2D eigenvalue weighted by atomic mass is 35.5. The Labute approximate surface area is 249 Å². The van der Waals surface area contributed by atoms with E-state index in [2.05, 4.69) is 4.98 Å². The van der Waals surface area contributed by atoms with Crippen LogP contribution in [0.15, 0.2) is 72.8 Å².